The molecule has 17 heavy (non-hydrogen) atoms. The number of piperidine rings is 1. The Kier molecular flexibility index (Phi) is 5.31. The van der Waals surface area contributed by atoms with Crippen molar-refractivity contribution in [1.82, 2.24) is 9.03 Å². The first-order valence-electron chi connectivity index (χ1n) is 5.44. The summed E-state index contributed by atoms with van der Waals surface area (Å²) < 4.78 is 31.9. The third kappa shape index (κ3) is 4.23. The number of aliphatic carboxylic acids is 1. The van der Waals surface area contributed by atoms with Crippen molar-refractivity contribution in [3.05, 3.63) is 0 Å². The van der Waals surface area contributed by atoms with Crippen molar-refractivity contribution >= 4 is 16.2 Å². The van der Waals surface area contributed by atoms with Crippen LogP contribution >= 0.6 is 0 Å². The van der Waals surface area contributed by atoms with E-state index in [2.05, 4.69) is 4.72 Å². The number of ether oxygens (including phenoxy) is 1. The number of carboxylic acids is 1. The maximum absolute atomic E-state index is 11.8. The van der Waals surface area contributed by atoms with Crippen LogP contribution in [0.5, 0.6) is 0 Å². The average molecular weight is 266 g/mol. The lowest BCUT2D eigenvalue weighted by atomic mass is 10.0. The number of rotatable bonds is 6. The molecule has 1 heterocycles. The number of nitrogens with one attached hydrogen (secondary N) is 1. The Labute approximate surface area is 101 Å². The SMILES string of the molecule is COCCNS(=O)(=O)N1CCC[C@H](C(=O)O)C1. The second-order valence-electron chi connectivity index (χ2n) is 3.93. The molecule has 100 valence electrons. The van der Waals surface area contributed by atoms with E-state index < -0.39 is 22.1 Å². The molecule has 1 fully saturated rings. The van der Waals surface area contributed by atoms with E-state index in [1.165, 1.54) is 11.4 Å². The van der Waals surface area contributed by atoms with Crippen molar-refractivity contribution < 1.29 is 23.1 Å². The van der Waals surface area contributed by atoms with Crippen molar-refractivity contribution in [3.8, 4) is 0 Å². The molecule has 0 saturated carbocycles. The van der Waals surface area contributed by atoms with Crippen LogP contribution in [0.25, 0.3) is 0 Å². The molecule has 1 rings (SSSR count). The van der Waals surface area contributed by atoms with Crippen LogP contribution in [0.3, 0.4) is 0 Å². The zero-order chi connectivity index (χ0) is 12.9. The number of hydrogen-bond acceptors (Lipinski definition) is 4. The Morgan fingerprint density at radius 2 is 2.29 bits per heavy atom. The van der Waals surface area contributed by atoms with E-state index in [1.807, 2.05) is 0 Å². The van der Waals surface area contributed by atoms with Crippen molar-refractivity contribution in [1.29, 1.82) is 0 Å². The highest BCUT2D eigenvalue weighted by molar-refractivity contribution is 7.87. The van der Waals surface area contributed by atoms with Gasteiger partial charge in [-0.15, -0.1) is 0 Å². The molecule has 0 spiro atoms. The molecule has 7 nitrogen and oxygen atoms in total. The van der Waals surface area contributed by atoms with Gasteiger partial charge in [0.25, 0.3) is 10.2 Å². The van der Waals surface area contributed by atoms with Gasteiger partial charge in [0, 0.05) is 26.7 Å². The van der Waals surface area contributed by atoms with E-state index in [0.717, 1.165) is 0 Å². The van der Waals surface area contributed by atoms with Gasteiger partial charge in [-0.1, -0.05) is 0 Å². The molecular weight excluding hydrogens is 248 g/mol. The molecule has 1 aliphatic rings. The largest absolute Gasteiger partial charge is 0.481 e. The smallest absolute Gasteiger partial charge is 0.307 e. The molecule has 0 aromatic rings. The van der Waals surface area contributed by atoms with E-state index in [4.69, 9.17) is 9.84 Å². The Morgan fingerprint density at radius 3 is 2.88 bits per heavy atom. The van der Waals surface area contributed by atoms with Crippen molar-refractivity contribution in [2.75, 3.05) is 33.4 Å². The summed E-state index contributed by atoms with van der Waals surface area (Å²) in [5.41, 5.74) is 0. The molecule has 0 radical (unpaired) electrons. The maximum Gasteiger partial charge on any atom is 0.307 e. The van der Waals surface area contributed by atoms with E-state index in [-0.39, 0.29) is 19.7 Å². The first-order chi connectivity index (χ1) is 7.97. The van der Waals surface area contributed by atoms with Crippen LogP contribution in [-0.2, 0) is 19.7 Å². The van der Waals surface area contributed by atoms with Crippen LogP contribution in [0.4, 0.5) is 0 Å². The number of nitrogens with zero attached hydrogens (tertiary/aromatic N) is 1. The van der Waals surface area contributed by atoms with Gasteiger partial charge in [0.2, 0.25) is 0 Å². The minimum atomic E-state index is -3.58. The van der Waals surface area contributed by atoms with Gasteiger partial charge in [-0.3, -0.25) is 4.79 Å². The third-order valence-corrected chi connectivity index (χ3v) is 4.24. The number of carboxylic acid groups (broad SMARTS) is 1. The topological polar surface area (TPSA) is 95.9 Å². The van der Waals surface area contributed by atoms with Gasteiger partial charge in [-0.05, 0) is 12.8 Å². The Bertz CT molecular complexity index is 356. The molecule has 0 aromatic heterocycles. The molecule has 1 atom stereocenters. The first kappa shape index (κ1) is 14.4. The monoisotopic (exact) mass is 266 g/mol. The summed E-state index contributed by atoms with van der Waals surface area (Å²) in [5, 5.41) is 8.87. The van der Waals surface area contributed by atoms with E-state index in [9.17, 15) is 13.2 Å². The molecule has 2 N–H and O–H groups in total. The summed E-state index contributed by atoms with van der Waals surface area (Å²) in [7, 11) is -2.10. The van der Waals surface area contributed by atoms with E-state index in [0.29, 0.717) is 19.4 Å². The minimum absolute atomic E-state index is 0.0393. The summed E-state index contributed by atoms with van der Waals surface area (Å²) in [4.78, 5) is 10.8. The lowest BCUT2D eigenvalue weighted by molar-refractivity contribution is -0.142. The Balaban J connectivity index is 2.55. The predicted molar refractivity (Wildman–Crippen MR) is 60.7 cm³/mol. The first-order valence-corrected chi connectivity index (χ1v) is 6.88. The molecule has 1 saturated heterocycles. The van der Waals surface area contributed by atoms with Crippen molar-refractivity contribution in [2.24, 2.45) is 5.92 Å². The number of hydrogen-bond donors (Lipinski definition) is 2. The summed E-state index contributed by atoms with van der Waals surface area (Å²) in [6.07, 6.45) is 1.10. The van der Waals surface area contributed by atoms with Crippen LogP contribution in [0.2, 0.25) is 0 Å². The molecule has 0 amide bonds. The van der Waals surface area contributed by atoms with Gasteiger partial charge in [0.1, 0.15) is 0 Å². The zero-order valence-electron chi connectivity index (χ0n) is 9.76. The Hall–Kier alpha value is -0.700. The fourth-order valence-electron chi connectivity index (χ4n) is 1.73. The fraction of sp³-hybridized carbons (Fsp3) is 0.889. The van der Waals surface area contributed by atoms with E-state index in [1.54, 1.807) is 0 Å². The highest BCUT2D eigenvalue weighted by Crippen LogP contribution is 2.18. The number of carbonyl (C=O) groups is 1. The Morgan fingerprint density at radius 1 is 1.59 bits per heavy atom. The van der Waals surface area contributed by atoms with Crippen LogP contribution in [0.15, 0.2) is 0 Å². The second kappa shape index (κ2) is 6.29. The second-order valence-corrected chi connectivity index (χ2v) is 5.68. The van der Waals surface area contributed by atoms with Crippen molar-refractivity contribution in [3.63, 3.8) is 0 Å². The average Bonchev–Trinajstić information content (AvgIpc) is 2.29. The quantitative estimate of drug-likeness (QED) is 0.618. The molecule has 0 aromatic carbocycles. The summed E-state index contributed by atoms with van der Waals surface area (Å²) in [5.74, 6) is -1.55. The highest BCUT2D eigenvalue weighted by Gasteiger charge is 2.31. The van der Waals surface area contributed by atoms with Gasteiger partial charge >= 0.3 is 5.97 Å². The number of methoxy groups -OCH3 is 1. The predicted octanol–water partition coefficient (Wildman–Crippen LogP) is -0.736. The summed E-state index contributed by atoms with van der Waals surface area (Å²) in [6.45, 7) is 0.881. The molecule has 0 aliphatic carbocycles. The van der Waals surface area contributed by atoms with Crippen molar-refractivity contribution in [2.45, 2.75) is 12.8 Å². The van der Waals surface area contributed by atoms with Gasteiger partial charge in [0.15, 0.2) is 0 Å². The summed E-state index contributed by atoms with van der Waals surface area (Å²) in [6, 6.07) is 0. The lowest BCUT2D eigenvalue weighted by Crippen LogP contribution is -2.48. The van der Waals surface area contributed by atoms with Gasteiger partial charge < -0.3 is 9.84 Å². The van der Waals surface area contributed by atoms with E-state index >= 15 is 0 Å². The highest BCUT2D eigenvalue weighted by atomic mass is 32.2. The zero-order valence-corrected chi connectivity index (χ0v) is 10.6. The lowest BCUT2D eigenvalue weighted by Gasteiger charge is -2.29. The molecule has 0 unspecified atom stereocenters. The normalized spacial score (nSPS) is 22.5. The molecule has 8 heteroatoms. The van der Waals surface area contributed by atoms with Crippen LogP contribution in [-0.4, -0.2) is 57.1 Å². The minimum Gasteiger partial charge on any atom is -0.481 e. The van der Waals surface area contributed by atoms with Crippen LogP contribution < -0.4 is 4.72 Å². The van der Waals surface area contributed by atoms with Crippen LogP contribution in [0.1, 0.15) is 12.8 Å². The van der Waals surface area contributed by atoms with Gasteiger partial charge in [-0.2, -0.15) is 17.4 Å². The molecule has 0 bridgehead atoms. The molecular formula is C9H18N2O5S. The van der Waals surface area contributed by atoms with Gasteiger partial charge in [0.05, 0.1) is 12.5 Å². The molecule has 1 aliphatic heterocycles. The van der Waals surface area contributed by atoms with Gasteiger partial charge in [-0.25, -0.2) is 0 Å². The summed E-state index contributed by atoms with van der Waals surface area (Å²) >= 11 is 0. The van der Waals surface area contributed by atoms with Crippen LogP contribution in [0, 0.1) is 5.92 Å². The third-order valence-electron chi connectivity index (χ3n) is 2.66. The fourth-order valence-corrected chi connectivity index (χ4v) is 3.00. The maximum atomic E-state index is 11.8. The standard InChI is InChI=1S/C9H18N2O5S/c1-16-6-4-10-17(14,15)11-5-2-3-8(7-11)9(12)13/h8,10H,2-7H2,1H3,(H,12,13)/t8-/m0/s1.